The molecule has 0 spiro atoms. The van der Waals surface area contributed by atoms with Crippen LogP contribution in [-0.4, -0.2) is 51.2 Å². The van der Waals surface area contributed by atoms with Crippen LogP contribution in [0.2, 0.25) is 0 Å². The first kappa shape index (κ1) is 24.8. The second-order valence-electron chi connectivity index (χ2n) is 7.26. The molecular formula is C22H44O5. The Hall–Kier alpha value is -0.200. The molecule has 162 valence electrons. The van der Waals surface area contributed by atoms with Crippen molar-refractivity contribution in [1.82, 2.24) is 0 Å². The van der Waals surface area contributed by atoms with E-state index in [9.17, 15) is 0 Å². The van der Waals surface area contributed by atoms with E-state index < -0.39 is 5.97 Å². The molecule has 0 radical (unpaired) electrons. The van der Waals surface area contributed by atoms with Gasteiger partial charge in [-0.3, -0.25) is 0 Å². The van der Waals surface area contributed by atoms with Gasteiger partial charge in [0.25, 0.3) is 5.97 Å². The van der Waals surface area contributed by atoms with E-state index in [1.807, 2.05) is 20.8 Å². The van der Waals surface area contributed by atoms with Crippen LogP contribution in [0, 0.1) is 0 Å². The molecule has 5 heteroatoms. The SMILES string of the molecule is CCCOCCC[C@H]1OC1CCCCCCCC(OCC)(OCC)OCC. The van der Waals surface area contributed by atoms with Crippen molar-refractivity contribution >= 4 is 0 Å². The van der Waals surface area contributed by atoms with Gasteiger partial charge >= 0.3 is 0 Å². The molecule has 0 aromatic carbocycles. The number of unbranched alkanes of at least 4 members (excludes halogenated alkanes) is 4. The van der Waals surface area contributed by atoms with Crippen LogP contribution in [0.5, 0.6) is 0 Å². The van der Waals surface area contributed by atoms with Crippen molar-refractivity contribution in [3.63, 3.8) is 0 Å². The van der Waals surface area contributed by atoms with Crippen molar-refractivity contribution in [2.75, 3.05) is 33.0 Å². The number of hydrogen-bond donors (Lipinski definition) is 0. The van der Waals surface area contributed by atoms with Crippen LogP contribution >= 0.6 is 0 Å². The zero-order valence-electron chi connectivity index (χ0n) is 18.3. The minimum absolute atomic E-state index is 0.499. The number of hydrogen-bond acceptors (Lipinski definition) is 5. The fraction of sp³-hybridized carbons (Fsp3) is 1.00. The highest BCUT2D eigenvalue weighted by atomic mass is 16.9. The van der Waals surface area contributed by atoms with Crippen LogP contribution in [0.4, 0.5) is 0 Å². The van der Waals surface area contributed by atoms with Crippen molar-refractivity contribution in [3.8, 4) is 0 Å². The summed E-state index contributed by atoms with van der Waals surface area (Å²) in [6.45, 7) is 11.7. The van der Waals surface area contributed by atoms with Gasteiger partial charge in [-0.1, -0.05) is 32.6 Å². The first-order valence-corrected chi connectivity index (χ1v) is 11.4. The van der Waals surface area contributed by atoms with Crippen LogP contribution in [0.1, 0.15) is 91.9 Å². The molecule has 1 rings (SSSR count). The van der Waals surface area contributed by atoms with Crippen LogP contribution in [-0.2, 0) is 23.7 Å². The van der Waals surface area contributed by atoms with Gasteiger partial charge in [0, 0.05) is 39.5 Å². The highest BCUT2D eigenvalue weighted by molar-refractivity contribution is 4.84. The quantitative estimate of drug-likeness (QED) is 0.158. The largest absolute Gasteiger partial charge is 0.381 e. The summed E-state index contributed by atoms with van der Waals surface area (Å²) in [5.41, 5.74) is 0. The van der Waals surface area contributed by atoms with Gasteiger partial charge in [-0.15, -0.1) is 0 Å². The van der Waals surface area contributed by atoms with Gasteiger partial charge < -0.3 is 23.7 Å². The molecule has 2 atom stereocenters. The van der Waals surface area contributed by atoms with Gasteiger partial charge in [-0.2, -0.15) is 0 Å². The van der Waals surface area contributed by atoms with E-state index in [1.54, 1.807) is 0 Å². The summed E-state index contributed by atoms with van der Waals surface area (Å²) in [6, 6.07) is 0. The van der Waals surface area contributed by atoms with E-state index in [0.717, 1.165) is 45.3 Å². The fourth-order valence-corrected chi connectivity index (χ4v) is 3.54. The average Bonchev–Trinajstić information content (AvgIpc) is 3.39. The minimum atomic E-state index is -0.839. The molecular weight excluding hydrogens is 344 g/mol. The molecule has 1 fully saturated rings. The van der Waals surface area contributed by atoms with Crippen LogP contribution in [0.15, 0.2) is 0 Å². The summed E-state index contributed by atoms with van der Waals surface area (Å²) in [6.07, 6.45) is 12.5. The van der Waals surface area contributed by atoms with E-state index in [2.05, 4.69) is 6.92 Å². The minimum Gasteiger partial charge on any atom is -0.381 e. The Kier molecular flexibility index (Phi) is 14.4. The highest BCUT2D eigenvalue weighted by Crippen LogP contribution is 2.31. The molecule has 0 bridgehead atoms. The topological polar surface area (TPSA) is 49.5 Å². The molecule has 0 N–H and O–H groups in total. The molecule has 1 aliphatic rings. The zero-order chi connectivity index (χ0) is 19.8. The normalized spacial score (nSPS) is 19.6. The number of epoxide rings is 1. The third kappa shape index (κ3) is 11.4. The molecule has 1 aliphatic heterocycles. The molecule has 1 heterocycles. The zero-order valence-corrected chi connectivity index (χ0v) is 18.3. The first-order chi connectivity index (χ1) is 13.2. The van der Waals surface area contributed by atoms with Crippen molar-refractivity contribution < 1.29 is 23.7 Å². The summed E-state index contributed by atoms with van der Waals surface area (Å²) in [7, 11) is 0. The molecule has 1 saturated heterocycles. The van der Waals surface area contributed by atoms with E-state index in [4.69, 9.17) is 23.7 Å². The molecule has 1 unspecified atom stereocenters. The number of ether oxygens (including phenoxy) is 5. The summed E-state index contributed by atoms with van der Waals surface area (Å²) in [5, 5.41) is 0. The van der Waals surface area contributed by atoms with Crippen molar-refractivity contribution in [2.45, 2.75) is 110 Å². The lowest BCUT2D eigenvalue weighted by molar-refractivity contribution is -0.380. The predicted octanol–water partition coefficient (Wildman–Crippen LogP) is 5.45. The Bertz CT molecular complexity index is 320. The Morgan fingerprint density at radius 3 is 1.81 bits per heavy atom. The number of rotatable bonds is 20. The lowest BCUT2D eigenvalue weighted by Gasteiger charge is -2.32. The van der Waals surface area contributed by atoms with E-state index in [0.29, 0.717) is 32.0 Å². The summed E-state index contributed by atoms with van der Waals surface area (Å²) < 4.78 is 28.6. The van der Waals surface area contributed by atoms with Gasteiger partial charge in [0.05, 0.1) is 12.2 Å². The molecule has 0 aromatic rings. The second-order valence-corrected chi connectivity index (χ2v) is 7.26. The third-order valence-electron chi connectivity index (χ3n) is 4.88. The summed E-state index contributed by atoms with van der Waals surface area (Å²) >= 11 is 0. The van der Waals surface area contributed by atoms with Gasteiger partial charge in [0.1, 0.15) is 0 Å². The Labute approximate surface area is 167 Å². The lowest BCUT2D eigenvalue weighted by atomic mass is 10.1. The van der Waals surface area contributed by atoms with Gasteiger partial charge in [-0.05, 0) is 52.9 Å². The summed E-state index contributed by atoms with van der Waals surface area (Å²) in [4.78, 5) is 0. The van der Waals surface area contributed by atoms with Crippen molar-refractivity contribution in [3.05, 3.63) is 0 Å². The smallest absolute Gasteiger partial charge is 0.282 e. The van der Waals surface area contributed by atoms with Crippen LogP contribution in [0.25, 0.3) is 0 Å². The van der Waals surface area contributed by atoms with Crippen LogP contribution < -0.4 is 0 Å². The monoisotopic (exact) mass is 388 g/mol. The maximum Gasteiger partial charge on any atom is 0.282 e. The Balaban J connectivity index is 1.99. The average molecular weight is 389 g/mol. The highest BCUT2D eigenvalue weighted by Gasteiger charge is 2.37. The molecule has 27 heavy (non-hydrogen) atoms. The standard InChI is InChI=1S/C22H44O5/c1-5-18-23-19-14-16-21-20(27-21)15-12-10-9-11-13-17-22(24-6-2,25-7-3)26-8-4/h20-21H,5-19H2,1-4H3/t20?,21-/m1/s1. The third-order valence-corrected chi connectivity index (χ3v) is 4.88. The Morgan fingerprint density at radius 1 is 0.667 bits per heavy atom. The summed E-state index contributed by atoms with van der Waals surface area (Å²) in [5.74, 6) is -0.839. The first-order valence-electron chi connectivity index (χ1n) is 11.4. The van der Waals surface area contributed by atoms with Gasteiger partial charge in [0.2, 0.25) is 0 Å². The van der Waals surface area contributed by atoms with Gasteiger partial charge in [-0.25, -0.2) is 0 Å². The fourth-order valence-electron chi connectivity index (χ4n) is 3.54. The maximum atomic E-state index is 5.77. The molecule has 0 saturated carbocycles. The van der Waals surface area contributed by atoms with Crippen molar-refractivity contribution in [1.29, 1.82) is 0 Å². The molecule has 0 amide bonds. The van der Waals surface area contributed by atoms with E-state index in [1.165, 1.54) is 32.1 Å². The lowest BCUT2D eigenvalue weighted by Crippen LogP contribution is -2.39. The van der Waals surface area contributed by atoms with E-state index in [-0.39, 0.29) is 0 Å². The predicted molar refractivity (Wildman–Crippen MR) is 109 cm³/mol. The molecule has 0 aliphatic carbocycles. The molecule has 5 nitrogen and oxygen atoms in total. The van der Waals surface area contributed by atoms with Crippen molar-refractivity contribution in [2.24, 2.45) is 0 Å². The van der Waals surface area contributed by atoms with Crippen LogP contribution in [0.3, 0.4) is 0 Å². The second kappa shape index (κ2) is 15.7. The molecule has 0 aromatic heterocycles. The maximum absolute atomic E-state index is 5.77. The van der Waals surface area contributed by atoms with Gasteiger partial charge in [0.15, 0.2) is 0 Å². The van der Waals surface area contributed by atoms with E-state index >= 15 is 0 Å². The Morgan fingerprint density at radius 2 is 1.22 bits per heavy atom.